The normalized spacial score (nSPS) is 10.4. The largest absolute Gasteiger partial charge is 0.478 e. The number of carboxylic acid groups (broad SMARTS) is 1. The van der Waals surface area contributed by atoms with E-state index >= 15 is 0 Å². The second-order valence-electron chi connectivity index (χ2n) is 7.49. The highest BCUT2D eigenvalue weighted by Crippen LogP contribution is 2.28. The summed E-state index contributed by atoms with van der Waals surface area (Å²) in [5.41, 5.74) is 9.61. The molecule has 4 aromatic rings. The summed E-state index contributed by atoms with van der Waals surface area (Å²) in [6.07, 6.45) is 0.639. The maximum absolute atomic E-state index is 11.7. The van der Waals surface area contributed by atoms with Gasteiger partial charge in [0.15, 0.2) is 5.69 Å². The van der Waals surface area contributed by atoms with Crippen molar-refractivity contribution in [1.29, 1.82) is 0 Å². The zero-order chi connectivity index (χ0) is 24.0. The van der Waals surface area contributed by atoms with E-state index in [9.17, 15) is 14.4 Å². The Hall–Kier alpha value is -4.46. The van der Waals surface area contributed by atoms with Gasteiger partial charge in [-0.25, -0.2) is 4.79 Å². The van der Waals surface area contributed by atoms with Gasteiger partial charge in [-0.1, -0.05) is 36.4 Å². The van der Waals surface area contributed by atoms with E-state index in [0.717, 1.165) is 27.7 Å². The topological polar surface area (TPSA) is 127 Å². The molecular weight excluding hydrogens is 420 g/mol. The highest BCUT2D eigenvalue weighted by molar-refractivity contribution is 6.05. The first-order valence-electron chi connectivity index (χ1n) is 10.2. The number of nitrogens with two attached hydrogens (primary N) is 1. The van der Waals surface area contributed by atoms with Crippen LogP contribution in [0.4, 0.5) is 5.69 Å². The molecule has 1 aromatic heterocycles. The number of amides is 2. The number of aromatic nitrogens is 2. The summed E-state index contributed by atoms with van der Waals surface area (Å²) in [5, 5.41) is 16.1. The smallest absolute Gasteiger partial charge is 0.335 e. The first kappa shape index (κ1) is 23.2. The minimum Gasteiger partial charge on any atom is -0.478 e. The number of hydrogen-bond donors (Lipinski definition) is 3. The molecule has 2 amide bonds. The molecule has 0 radical (unpaired) electrons. The lowest BCUT2D eigenvalue weighted by molar-refractivity contribution is -0.105. The molecule has 4 N–H and O–H groups in total. The molecule has 4 rings (SSSR count). The number of anilines is 1. The molecular formula is C25H24N4O4. The van der Waals surface area contributed by atoms with E-state index in [-0.39, 0.29) is 11.7 Å². The Morgan fingerprint density at radius 1 is 1.00 bits per heavy atom. The molecule has 0 unspecified atom stereocenters. The van der Waals surface area contributed by atoms with Crippen LogP contribution in [0.1, 0.15) is 40.7 Å². The number of benzene rings is 3. The van der Waals surface area contributed by atoms with Gasteiger partial charge in [-0.2, -0.15) is 5.10 Å². The van der Waals surface area contributed by atoms with Crippen LogP contribution in [-0.4, -0.2) is 33.2 Å². The number of hydrogen-bond acceptors (Lipinski definition) is 4. The molecule has 0 saturated heterocycles. The lowest BCUT2D eigenvalue weighted by Gasteiger charge is -2.08. The molecule has 8 heteroatoms. The Balaban J connectivity index is 0.000000286. The van der Waals surface area contributed by atoms with Crippen molar-refractivity contribution in [1.82, 2.24) is 9.78 Å². The van der Waals surface area contributed by atoms with Crippen molar-refractivity contribution in [2.45, 2.75) is 19.9 Å². The van der Waals surface area contributed by atoms with Crippen LogP contribution in [0.15, 0.2) is 72.8 Å². The number of carbonyl (C=O) groups is 3. The van der Waals surface area contributed by atoms with Crippen LogP contribution in [0.25, 0.3) is 22.0 Å². The van der Waals surface area contributed by atoms with E-state index in [1.165, 1.54) is 0 Å². The maximum Gasteiger partial charge on any atom is 0.335 e. The van der Waals surface area contributed by atoms with Crippen LogP contribution in [0, 0.1) is 0 Å². The molecule has 0 aliphatic heterocycles. The third kappa shape index (κ3) is 5.43. The zero-order valence-corrected chi connectivity index (χ0v) is 18.2. The number of nitrogens with one attached hydrogen (secondary N) is 1. The number of carbonyl (C=O) groups excluding carboxylic acids is 2. The van der Waals surface area contributed by atoms with E-state index in [0.29, 0.717) is 12.0 Å². The Kier molecular flexibility index (Phi) is 7.20. The fourth-order valence-electron chi connectivity index (χ4n) is 3.30. The lowest BCUT2D eigenvalue weighted by Crippen LogP contribution is -2.13. The predicted octanol–water partition coefficient (Wildman–Crippen LogP) is 4.34. The Morgan fingerprint density at radius 3 is 2.15 bits per heavy atom. The van der Waals surface area contributed by atoms with Gasteiger partial charge in [-0.15, -0.1) is 0 Å². The molecule has 0 atom stereocenters. The summed E-state index contributed by atoms with van der Waals surface area (Å²) in [5.74, 6) is -1.42. The van der Waals surface area contributed by atoms with Crippen LogP contribution in [-0.2, 0) is 4.79 Å². The molecule has 0 spiro atoms. The monoisotopic (exact) mass is 444 g/mol. The summed E-state index contributed by atoms with van der Waals surface area (Å²) in [6.45, 7) is 4.01. The number of carboxylic acids is 1. The molecule has 33 heavy (non-hydrogen) atoms. The van der Waals surface area contributed by atoms with Gasteiger partial charge in [0, 0.05) is 17.1 Å². The number of primary amides is 1. The highest BCUT2D eigenvalue weighted by atomic mass is 16.4. The highest BCUT2D eigenvalue weighted by Gasteiger charge is 2.17. The Morgan fingerprint density at radius 2 is 1.64 bits per heavy atom. The summed E-state index contributed by atoms with van der Waals surface area (Å²) in [4.78, 5) is 32.4. The summed E-state index contributed by atoms with van der Waals surface area (Å²) >= 11 is 0. The number of rotatable bonds is 6. The third-order valence-corrected chi connectivity index (χ3v) is 4.89. The molecule has 1 heterocycles. The molecule has 0 aliphatic rings. The zero-order valence-electron chi connectivity index (χ0n) is 18.2. The fourth-order valence-corrected chi connectivity index (χ4v) is 3.30. The Bertz CT molecular complexity index is 1280. The van der Waals surface area contributed by atoms with Crippen LogP contribution >= 0.6 is 0 Å². The average molecular weight is 444 g/mol. The fraction of sp³-hybridized carbons (Fsp3) is 0.120. The van der Waals surface area contributed by atoms with Crippen molar-refractivity contribution < 1.29 is 19.5 Å². The van der Waals surface area contributed by atoms with Crippen molar-refractivity contribution in [3.63, 3.8) is 0 Å². The van der Waals surface area contributed by atoms with E-state index in [4.69, 9.17) is 10.8 Å². The van der Waals surface area contributed by atoms with Crippen LogP contribution in [0.3, 0.4) is 0 Å². The van der Waals surface area contributed by atoms with E-state index in [1.54, 1.807) is 35.0 Å². The van der Waals surface area contributed by atoms with Gasteiger partial charge in [-0.3, -0.25) is 14.3 Å². The van der Waals surface area contributed by atoms with Gasteiger partial charge in [-0.05, 0) is 61.4 Å². The SMILES string of the molecule is CC(C)n1nc(C(N)=O)c2cc(-c3ccc(NC=O)cc3)ccc21.O=C(O)c1ccccc1. The van der Waals surface area contributed by atoms with Crippen molar-refractivity contribution in [3.8, 4) is 11.1 Å². The van der Waals surface area contributed by atoms with E-state index < -0.39 is 11.9 Å². The molecule has 168 valence electrons. The molecule has 0 fully saturated rings. The molecule has 0 saturated carbocycles. The van der Waals surface area contributed by atoms with Gasteiger partial charge < -0.3 is 16.2 Å². The minimum atomic E-state index is -0.879. The number of aromatic carboxylic acids is 1. The van der Waals surface area contributed by atoms with Gasteiger partial charge in [0.05, 0.1) is 11.1 Å². The second kappa shape index (κ2) is 10.2. The summed E-state index contributed by atoms with van der Waals surface area (Å²) in [6, 6.07) is 21.7. The molecule has 3 aromatic carbocycles. The minimum absolute atomic E-state index is 0.125. The standard InChI is InChI=1S/C18H18N4O2.C7H6O2/c1-11(2)22-16-8-5-13(9-15(16)17(21-22)18(19)24)12-3-6-14(7-4-12)20-10-23;8-7(9)6-4-2-1-3-5-6/h3-11H,1-2H3,(H2,19,24)(H,20,23);1-5H,(H,8,9). The second-order valence-corrected chi connectivity index (χ2v) is 7.49. The summed E-state index contributed by atoms with van der Waals surface area (Å²) < 4.78 is 1.80. The number of nitrogens with zero attached hydrogens (tertiary/aromatic N) is 2. The van der Waals surface area contributed by atoms with Gasteiger partial charge >= 0.3 is 5.97 Å². The van der Waals surface area contributed by atoms with Crippen molar-refractivity contribution >= 4 is 34.9 Å². The van der Waals surface area contributed by atoms with Crippen molar-refractivity contribution in [2.24, 2.45) is 5.73 Å². The predicted molar refractivity (Wildman–Crippen MR) is 127 cm³/mol. The molecule has 0 bridgehead atoms. The van der Waals surface area contributed by atoms with Crippen LogP contribution < -0.4 is 11.1 Å². The lowest BCUT2D eigenvalue weighted by atomic mass is 10.0. The van der Waals surface area contributed by atoms with E-state index in [2.05, 4.69) is 10.4 Å². The summed E-state index contributed by atoms with van der Waals surface area (Å²) in [7, 11) is 0. The van der Waals surface area contributed by atoms with Gasteiger partial charge in [0.2, 0.25) is 6.41 Å². The first-order valence-corrected chi connectivity index (χ1v) is 10.2. The van der Waals surface area contributed by atoms with Crippen LogP contribution in [0.5, 0.6) is 0 Å². The van der Waals surface area contributed by atoms with Crippen LogP contribution in [0.2, 0.25) is 0 Å². The first-order chi connectivity index (χ1) is 15.8. The Labute approximate surface area is 190 Å². The third-order valence-electron chi connectivity index (χ3n) is 4.89. The van der Waals surface area contributed by atoms with Crippen molar-refractivity contribution in [2.75, 3.05) is 5.32 Å². The molecule has 0 aliphatic carbocycles. The van der Waals surface area contributed by atoms with Crippen molar-refractivity contribution in [3.05, 3.63) is 84.1 Å². The average Bonchev–Trinajstić information content (AvgIpc) is 3.20. The van der Waals surface area contributed by atoms with Gasteiger partial charge in [0.25, 0.3) is 5.91 Å². The van der Waals surface area contributed by atoms with Gasteiger partial charge in [0.1, 0.15) is 0 Å². The quantitative estimate of drug-likeness (QED) is 0.381. The molecule has 8 nitrogen and oxygen atoms in total. The maximum atomic E-state index is 11.7. The van der Waals surface area contributed by atoms with E-state index in [1.807, 2.05) is 56.3 Å². The number of fused-ring (bicyclic) bond motifs is 1.